The molecule has 2 aliphatic rings. The Bertz CT molecular complexity index is 246. The van der Waals surface area contributed by atoms with Crippen LogP contribution < -0.4 is 0 Å². The minimum atomic E-state index is 0.0227. The number of nitrogens with zero attached hydrogens (tertiary/aromatic N) is 1. The van der Waals surface area contributed by atoms with Crippen LogP contribution in [-0.4, -0.2) is 49.3 Å². The van der Waals surface area contributed by atoms with E-state index in [1.807, 2.05) is 6.92 Å². The van der Waals surface area contributed by atoms with Gasteiger partial charge in [0.25, 0.3) is 0 Å². The topological polar surface area (TPSA) is 38.8 Å². The first-order valence-corrected chi connectivity index (χ1v) is 6.16. The lowest BCUT2D eigenvalue weighted by molar-refractivity contribution is -0.205. The Kier molecular flexibility index (Phi) is 3.82. The van der Waals surface area contributed by atoms with E-state index in [4.69, 9.17) is 9.47 Å². The second-order valence-corrected chi connectivity index (χ2v) is 4.88. The van der Waals surface area contributed by atoms with Gasteiger partial charge in [-0.2, -0.15) is 0 Å². The normalized spacial score (nSPS) is 36.2. The van der Waals surface area contributed by atoms with Crippen molar-refractivity contribution in [1.82, 2.24) is 4.90 Å². The number of hydrogen-bond acceptors (Lipinski definition) is 3. The van der Waals surface area contributed by atoms with Gasteiger partial charge in [-0.1, -0.05) is 12.8 Å². The Labute approximate surface area is 96.9 Å². The predicted molar refractivity (Wildman–Crippen MR) is 60.2 cm³/mol. The molecule has 0 radical (unpaired) electrons. The average Bonchev–Trinajstić information content (AvgIpc) is 2.36. The molecule has 0 aromatic heterocycles. The number of fused-ring (bicyclic) bond motifs is 1. The maximum atomic E-state index is 10.7. The number of carbonyl (C=O) groups is 1. The summed E-state index contributed by atoms with van der Waals surface area (Å²) in [6, 6.07) is 0.0837. The van der Waals surface area contributed by atoms with Gasteiger partial charge in [-0.3, -0.25) is 4.79 Å². The van der Waals surface area contributed by atoms with Crippen LogP contribution >= 0.6 is 0 Å². The molecule has 2 rings (SSSR count). The van der Waals surface area contributed by atoms with Gasteiger partial charge in [0.15, 0.2) is 0 Å². The quantitative estimate of drug-likeness (QED) is 0.680. The van der Waals surface area contributed by atoms with Gasteiger partial charge in [0.1, 0.15) is 6.10 Å². The summed E-state index contributed by atoms with van der Waals surface area (Å²) in [4.78, 5) is 12.4. The number of hydrogen-bond donors (Lipinski definition) is 0. The van der Waals surface area contributed by atoms with Gasteiger partial charge >= 0.3 is 0 Å². The van der Waals surface area contributed by atoms with Gasteiger partial charge in [0.05, 0.1) is 24.9 Å². The second kappa shape index (κ2) is 5.15. The maximum absolute atomic E-state index is 10.7. The van der Waals surface area contributed by atoms with E-state index in [1.54, 1.807) is 11.9 Å². The molecule has 4 heteroatoms. The van der Waals surface area contributed by atoms with Crippen molar-refractivity contribution in [2.45, 2.75) is 57.0 Å². The third-order valence-electron chi connectivity index (χ3n) is 3.81. The van der Waals surface area contributed by atoms with Crippen molar-refractivity contribution >= 4 is 6.41 Å². The highest BCUT2D eigenvalue weighted by molar-refractivity contribution is 5.47. The fourth-order valence-electron chi connectivity index (χ4n) is 2.50. The SMILES string of the molecule is CC(C1COC2CCCCC2O1)N(C)C=O. The van der Waals surface area contributed by atoms with Gasteiger partial charge in [0.2, 0.25) is 6.41 Å². The third-order valence-corrected chi connectivity index (χ3v) is 3.81. The minimum Gasteiger partial charge on any atom is -0.373 e. The Balaban J connectivity index is 1.91. The molecule has 0 spiro atoms. The Morgan fingerprint density at radius 1 is 1.31 bits per heavy atom. The first-order chi connectivity index (χ1) is 7.72. The fourth-order valence-corrected chi connectivity index (χ4v) is 2.50. The van der Waals surface area contributed by atoms with Crippen LogP contribution in [0.5, 0.6) is 0 Å². The molecule has 1 saturated carbocycles. The van der Waals surface area contributed by atoms with Gasteiger partial charge < -0.3 is 14.4 Å². The monoisotopic (exact) mass is 227 g/mol. The largest absolute Gasteiger partial charge is 0.373 e. The first-order valence-electron chi connectivity index (χ1n) is 6.16. The van der Waals surface area contributed by atoms with E-state index in [-0.39, 0.29) is 18.2 Å². The van der Waals surface area contributed by atoms with Crippen LogP contribution in [0, 0.1) is 0 Å². The van der Waals surface area contributed by atoms with E-state index in [0.29, 0.717) is 12.7 Å². The molecule has 1 aliphatic carbocycles. The lowest BCUT2D eigenvalue weighted by Gasteiger charge is -2.42. The molecule has 4 unspecified atom stereocenters. The summed E-state index contributed by atoms with van der Waals surface area (Å²) in [7, 11) is 1.79. The van der Waals surface area contributed by atoms with E-state index < -0.39 is 0 Å². The predicted octanol–water partition coefficient (Wildman–Crippen LogP) is 1.19. The molecule has 92 valence electrons. The summed E-state index contributed by atoms with van der Waals surface area (Å²) >= 11 is 0. The molecular weight excluding hydrogens is 206 g/mol. The first kappa shape index (κ1) is 11.9. The molecule has 0 aromatic carbocycles. The molecular formula is C12H21NO3. The van der Waals surface area contributed by atoms with Crippen LogP contribution in [0.1, 0.15) is 32.6 Å². The van der Waals surface area contributed by atoms with E-state index in [0.717, 1.165) is 19.3 Å². The molecule has 0 bridgehead atoms. The highest BCUT2D eigenvalue weighted by Crippen LogP contribution is 2.29. The zero-order chi connectivity index (χ0) is 11.5. The van der Waals surface area contributed by atoms with Crippen molar-refractivity contribution in [3.8, 4) is 0 Å². The molecule has 4 nitrogen and oxygen atoms in total. The molecule has 1 heterocycles. The van der Waals surface area contributed by atoms with Crippen molar-refractivity contribution in [3.63, 3.8) is 0 Å². The average molecular weight is 227 g/mol. The zero-order valence-corrected chi connectivity index (χ0v) is 10.1. The number of rotatable bonds is 3. The van der Waals surface area contributed by atoms with Crippen LogP contribution in [0.4, 0.5) is 0 Å². The van der Waals surface area contributed by atoms with E-state index in [1.165, 1.54) is 12.8 Å². The van der Waals surface area contributed by atoms with Crippen LogP contribution in [0.25, 0.3) is 0 Å². The van der Waals surface area contributed by atoms with Crippen molar-refractivity contribution < 1.29 is 14.3 Å². The Hall–Kier alpha value is -0.610. The number of amides is 1. The van der Waals surface area contributed by atoms with E-state index in [2.05, 4.69) is 0 Å². The molecule has 16 heavy (non-hydrogen) atoms. The highest BCUT2D eigenvalue weighted by atomic mass is 16.6. The van der Waals surface area contributed by atoms with Crippen LogP contribution in [0.3, 0.4) is 0 Å². The summed E-state index contributed by atoms with van der Waals surface area (Å²) in [6.07, 6.45) is 6.10. The zero-order valence-electron chi connectivity index (χ0n) is 10.1. The smallest absolute Gasteiger partial charge is 0.209 e. The second-order valence-electron chi connectivity index (χ2n) is 4.88. The molecule has 1 amide bonds. The summed E-state index contributed by atoms with van der Waals surface area (Å²) in [5.74, 6) is 0. The fraction of sp³-hybridized carbons (Fsp3) is 0.917. The lowest BCUT2D eigenvalue weighted by atomic mass is 9.93. The lowest BCUT2D eigenvalue weighted by Crippen LogP contribution is -2.52. The maximum Gasteiger partial charge on any atom is 0.209 e. The van der Waals surface area contributed by atoms with Gasteiger partial charge in [0, 0.05) is 7.05 Å². The molecule has 1 aliphatic heterocycles. The van der Waals surface area contributed by atoms with Crippen LogP contribution in [-0.2, 0) is 14.3 Å². The van der Waals surface area contributed by atoms with Crippen molar-refractivity contribution in [1.29, 1.82) is 0 Å². The number of carbonyl (C=O) groups excluding carboxylic acids is 1. The van der Waals surface area contributed by atoms with E-state index in [9.17, 15) is 4.79 Å². The Morgan fingerprint density at radius 3 is 2.69 bits per heavy atom. The van der Waals surface area contributed by atoms with Crippen LogP contribution in [0.15, 0.2) is 0 Å². The molecule has 1 saturated heterocycles. The molecule has 0 aromatic rings. The van der Waals surface area contributed by atoms with Gasteiger partial charge in [-0.05, 0) is 19.8 Å². The highest BCUT2D eigenvalue weighted by Gasteiger charge is 2.36. The Morgan fingerprint density at radius 2 is 2.00 bits per heavy atom. The summed E-state index contributed by atoms with van der Waals surface area (Å²) in [6.45, 7) is 2.62. The molecule has 2 fully saturated rings. The standard InChI is InChI=1S/C12H21NO3/c1-9(13(2)8-14)12-7-15-10-5-3-4-6-11(10)16-12/h8-12H,3-7H2,1-2H3. The summed E-state index contributed by atoms with van der Waals surface area (Å²) < 4.78 is 11.9. The van der Waals surface area contributed by atoms with Gasteiger partial charge in [-0.25, -0.2) is 0 Å². The number of likely N-dealkylation sites (N-methyl/N-ethyl adjacent to an activating group) is 1. The van der Waals surface area contributed by atoms with Crippen molar-refractivity contribution in [3.05, 3.63) is 0 Å². The number of ether oxygens (including phenoxy) is 2. The summed E-state index contributed by atoms with van der Waals surface area (Å²) in [5, 5.41) is 0. The van der Waals surface area contributed by atoms with E-state index >= 15 is 0 Å². The third kappa shape index (κ3) is 2.38. The summed E-state index contributed by atoms with van der Waals surface area (Å²) in [5.41, 5.74) is 0. The van der Waals surface area contributed by atoms with Crippen molar-refractivity contribution in [2.24, 2.45) is 0 Å². The van der Waals surface area contributed by atoms with Crippen LogP contribution in [0.2, 0.25) is 0 Å². The van der Waals surface area contributed by atoms with Crippen molar-refractivity contribution in [2.75, 3.05) is 13.7 Å². The van der Waals surface area contributed by atoms with Gasteiger partial charge in [-0.15, -0.1) is 0 Å². The molecule has 0 N–H and O–H groups in total. The molecule has 4 atom stereocenters. The minimum absolute atomic E-state index is 0.0227.